The maximum absolute atomic E-state index is 11.9. The van der Waals surface area contributed by atoms with E-state index in [0.29, 0.717) is 28.0 Å². The van der Waals surface area contributed by atoms with E-state index in [4.69, 9.17) is 11.6 Å². The Hall–Kier alpha value is -1.27. The Morgan fingerprint density at radius 1 is 1.33 bits per heavy atom. The molecule has 2 amide bonds. The van der Waals surface area contributed by atoms with Gasteiger partial charge in [0.15, 0.2) is 0 Å². The molecular formula is C14H18BrClN2O3. The standard InChI is InChI=1S/C14H18BrClN2O3/c1-3-14(4-2,12(19)20)8-17-13(21)18-11-6-5-9(16)7-10(11)15/h5-7H,3-4,8H2,1-2H3,(H,19,20)(H2,17,18,21). The molecule has 0 aliphatic heterocycles. The quantitative estimate of drug-likeness (QED) is 0.698. The fraction of sp³-hybridized carbons (Fsp3) is 0.429. The summed E-state index contributed by atoms with van der Waals surface area (Å²) in [5.41, 5.74) is -0.375. The van der Waals surface area contributed by atoms with Gasteiger partial charge in [0, 0.05) is 16.0 Å². The maximum Gasteiger partial charge on any atom is 0.319 e. The lowest BCUT2D eigenvalue weighted by atomic mass is 9.82. The highest BCUT2D eigenvalue weighted by Gasteiger charge is 2.35. The maximum atomic E-state index is 11.9. The second-order valence-electron chi connectivity index (χ2n) is 4.72. The lowest BCUT2D eigenvalue weighted by Crippen LogP contribution is -2.43. The van der Waals surface area contributed by atoms with Crippen molar-refractivity contribution in [2.24, 2.45) is 5.41 Å². The summed E-state index contributed by atoms with van der Waals surface area (Å²) >= 11 is 9.12. The average Bonchev–Trinajstić information content (AvgIpc) is 2.43. The molecular weight excluding hydrogens is 360 g/mol. The van der Waals surface area contributed by atoms with Gasteiger partial charge in [-0.1, -0.05) is 25.4 Å². The first-order valence-corrected chi connectivity index (χ1v) is 7.75. The molecule has 0 unspecified atom stereocenters. The van der Waals surface area contributed by atoms with E-state index in [0.717, 1.165) is 0 Å². The Bertz CT molecular complexity index is 533. The Balaban J connectivity index is 2.67. The van der Waals surface area contributed by atoms with Crippen LogP contribution in [0.2, 0.25) is 5.02 Å². The zero-order valence-corrected chi connectivity index (χ0v) is 14.2. The van der Waals surface area contributed by atoms with Crippen LogP contribution in [0.15, 0.2) is 22.7 Å². The number of carboxylic acids is 1. The van der Waals surface area contributed by atoms with Crippen molar-refractivity contribution >= 4 is 45.2 Å². The van der Waals surface area contributed by atoms with Crippen molar-refractivity contribution < 1.29 is 14.7 Å². The summed E-state index contributed by atoms with van der Waals surface area (Å²) in [5, 5.41) is 15.1. The first kappa shape index (κ1) is 17.8. The molecule has 0 fully saturated rings. The normalized spacial score (nSPS) is 11.0. The van der Waals surface area contributed by atoms with Crippen molar-refractivity contribution in [3.05, 3.63) is 27.7 Å². The molecule has 21 heavy (non-hydrogen) atoms. The molecule has 0 aromatic heterocycles. The van der Waals surface area contributed by atoms with Crippen LogP contribution in [-0.2, 0) is 4.79 Å². The molecule has 0 atom stereocenters. The minimum Gasteiger partial charge on any atom is -0.481 e. The van der Waals surface area contributed by atoms with Gasteiger partial charge in [-0.2, -0.15) is 0 Å². The zero-order chi connectivity index (χ0) is 16.0. The summed E-state index contributed by atoms with van der Waals surface area (Å²) in [6.07, 6.45) is 0.896. The van der Waals surface area contributed by atoms with E-state index < -0.39 is 17.4 Å². The van der Waals surface area contributed by atoms with Crippen LogP contribution in [0.25, 0.3) is 0 Å². The first-order valence-electron chi connectivity index (χ1n) is 6.58. The molecule has 0 radical (unpaired) electrons. The van der Waals surface area contributed by atoms with Crippen molar-refractivity contribution in [3.8, 4) is 0 Å². The van der Waals surface area contributed by atoms with Crippen molar-refractivity contribution in [2.45, 2.75) is 26.7 Å². The molecule has 0 bridgehead atoms. The van der Waals surface area contributed by atoms with Gasteiger partial charge >= 0.3 is 12.0 Å². The SMILES string of the molecule is CCC(CC)(CNC(=O)Nc1ccc(Cl)cc1Br)C(=O)O. The second-order valence-corrected chi connectivity index (χ2v) is 6.02. The van der Waals surface area contributed by atoms with E-state index >= 15 is 0 Å². The van der Waals surface area contributed by atoms with Gasteiger partial charge in [0.05, 0.1) is 11.1 Å². The van der Waals surface area contributed by atoms with Crippen LogP contribution in [-0.4, -0.2) is 23.7 Å². The molecule has 0 aliphatic rings. The van der Waals surface area contributed by atoms with Gasteiger partial charge in [-0.3, -0.25) is 4.79 Å². The fourth-order valence-electron chi connectivity index (χ4n) is 1.88. The number of rotatable bonds is 6. The number of carbonyl (C=O) groups excluding carboxylic acids is 1. The van der Waals surface area contributed by atoms with Crippen molar-refractivity contribution in [2.75, 3.05) is 11.9 Å². The minimum absolute atomic E-state index is 0.0758. The fourth-order valence-corrected chi connectivity index (χ4v) is 2.67. The Labute approximate surface area is 137 Å². The highest BCUT2D eigenvalue weighted by molar-refractivity contribution is 9.10. The van der Waals surface area contributed by atoms with Crippen LogP contribution in [0, 0.1) is 5.41 Å². The average molecular weight is 378 g/mol. The van der Waals surface area contributed by atoms with Gasteiger partial charge < -0.3 is 15.7 Å². The summed E-state index contributed by atoms with van der Waals surface area (Å²) in [7, 11) is 0. The first-order chi connectivity index (χ1) is 9.84. The number of hydrogen-bond donors (Lipinski definition) is 3. The number of hydrogen-bond acceptors (Lipinski definition) is 2. The van der Waals surface area contributed by atoms with E-state index in [1.54, 1.807) is 32.0 Å². The molecule has 1 aromatic carbocycles. The van der Waals surface area contributed by atoms with E-state index in [2.05, 4.69) is 26.6 Å². The van der Waals surface area contributed by atoms with Crippen molar-refractivity contribution in [3.63, 3.8) is 0 Å². The van der Waals surface area contributed by atoms with Gasteiger partial charge in [-0.05, 0) is 47.0 Å². The van der Waals surface area contributed by atoms with E-state index in [1.807, 2.05) is 0 Å². The summed E-state index contributed by atoms with van der Waals surface area (Å²) in [5.74, 6) is -0.902. The number of urea groups is 1. The number of carbonyl (C=O) groups is 2. The van der Waals surface area contributed by atoms with Gasteiger partial charge in [0.2, 0.25) is 0 Å². The Morgan fingerprint density at radius 2 is 1.95 bits per heavy atom. The number of aliphatic carboxylic acids is 1. The topological polar surface area (TPSA) is 78.4 Å². The van der Waals surface area contributed by atoms with E-state index in [9.17, 15) is 14.7 Å². The lowest BCUT2D eigenvalue weighted by Gasteiger charge is -2.26. The molecule has 7 heteroatoms. The molecule has 0 aliphatic carbocycles. The van der Waals surface area contributed by atoms with Gasteiger partial charge in [-0.15, -0.1) is 0 Å². The molecule has 0 saturated carbocycles. The molecule has 0 heterocycles. The highest BCUT2D eigenvalue weighted by Crippen LogP contribution is 2.27. The third-order valence-electron chi connectivity index (χ3n) is 3.57. The minimum atomic E-state index is -0.936. The van der Waals surface area contributed by atoms with Crippen LogP contribution in [0.1, 0.15) is 26.7 Å². The van der Waals surface area contributed by atoms with Crippen LogP contribution < -0.4 is 10.6 Å². The van der Waals surface area contributed by atoms with Crippen LogP contribution in [0.3, 0.4) is 0 Å². The zero-order valence-electron chi connectivity index (χ0n) is 11.9. The van der Waals surface area contributed by atoms with Gasteiger partial charge in [0.25, 0.3) is 0 Å². The van der Waals surface area contributed by atoms with Crippen molar-refractivity contribution in [1.29, 1.82) is 0 Å². The number of amides is 2. The Morgan fingerprint density at radius 3 is 2.43 bits per heavy atom. The van der Waals surface area contributed by atoms with Crippen LogP contribution in [0.5, 0.6) is 0 Å². The summed E-state index contributed by atoms with van der Waals surface area (Å²) in [6, 6.07) is 4.53. The number of halogens is 2. The molecule has 3 N–H and O–H groups in total. The van der Waals surface area contributed by atoms with Crippen LogP contribution >= 0.6 is 27.5 Å². The third-order valence-corrected chi connectivity index (χ3v) is 4.47. The lowest BCUT2D eigenvalue weighted by molar-refractivity contribution is -0.149. The number of carboxylic acid groups (broad SMARTS) is 1. The number of nitrogens with one attached hydrogen (secondary N) is 2. The number of benzene rings is 1. The third kappa shape index (κ3) is 4.61. The molecule has 116 valence electrons. The monoisotopic (exact) mass is 376 g/mol. The summed E-state index contributed by atoms with van der Waals surface area (Å²) < 4.78 is 0.653. The predicted octanol–water partition coefficient (Wildman–Crippen LogP) is 4.12. The van der Waals surface area contributed by atoms with E-state index in [-0.39, 0.29) is 6.54 Å². The Kier molecular flexibility index (Phi) is 6.48. The molecule has 0 spiro atoms. The second kappa shape index (κ2) is 7.66. The van der Waals surface area contributed by atoms with Gasteiger partial charge in [0.1, 0.15) is 0 Å². The highest BCUT2D eigenvalue weighted by atomic mass is 79.9. The molecule has 1 rings (SSSR count). The molecule has 1 aromatic rings. The largest absolute Gasteiger partial charge is 0.481 e. The van der Waals surface area contributed by atoms with Gasteiger partial charge in [-0.25, -0.2) is 4.79 Å². The summed E-state index contributed by atoms with van der Waals surface area (Å²) in [4.78, 5) is 23.2. The molecule has 5 nitrogen and oxygen atoms in total. The van der Waals surface area contributed by atoms with Crippen LogP contribution in [0.4, 0.5) is 10.5 Å². The predicted molar refractivity (Wildman–Crippen MR) is 86.8 cm³/mol. The van der Waals surface area contributed by atoms with Crippen molar-refractivity contribution in [1.82, 2.24) is 5.32 Å². The smallest absolute Gasteiger partial charge is 0.319 e. The molecule has 0 saturated heterocycles. The van der Waals surface area contributed by atoms with E-state index in [1.165, 1.54) is 0 Å². The summed E-state index contributed by atoms with van der Waals surface area (Å²) in [6.45, 7) is 3.67. The number of anilines is 1.